The summed E-state index contributed by atoms with van der Waals surface area (Å²) in [7, 11) is 5.07. The third-order valence-corrected chi connectivity index (χ3v) is 3.61. The van der Waals surface area contributed by atoms with E-state index < -0.39 is 0 Å². The van der Waals surface area contributed by atoms with Crippen LogP contribution in [0.5, 0.6) is 11.5 Å². The topological polar surface area (TPSA) is 86.4 Å². The third-order valence-electron chi connectivity index (χ3n) is 3.61. The molecule has 124 valence electrons. The van der Waals surface area contributed by atoms with Crippen LogP contribution in [0.15, 0.2) is 29.6 Å². The van der Waals surface area contributed by atoms with Gasteiger partial charge in [0.2, 0.25) is 0 Å². The van der Waals surface area contributed by atoms with Crippen molar-refractivity contribution in [2.45, 2.75) is 6.92 Å². The number of anilines is 1. The van der Waals surface area contributed by atoms with Gasteiger partial charge in [-0.05, 0) is 25.1 Å². The molecule has 8 heteroatoms. The average Bonchev–Trinajstić information content (AvgIpc) is 2.90. The molecule has 2 heterocycles. The van der Waals surface area contributed by atoms with Gasteiger partial charge in [-0.25, -0.2) is 9.97 Å². The van der Waals surface area contributed by atoms with Gasteiger partial charge >= 0.3 is 0 Å². The molecule has 1 N–H and O–H groups in total. The van der Waals surface area contributed by atoms with Gasteiger partial charge in [0.15, 0.2) is 11.5 Å². The van der Waals surface area contributed by atoms with Gasteiger partial charge in [0, 0.05) is 12.6 Å². The Kier molecular flexibility index (Phi) is 4.28. The first-order valence-corrected chi connectivity index (χ1v) is 7.29. The molecular weight excluding hydrogens is 308 g/mol. The normalized spacial score (nSPS) is 11.2. The second kappa shape index (κ2) is 6.53. The van der Waals surface area contributed by atoms with Crippen molar-refractivity contribution >= 4 is 23.1 Å². The highest BCUT2D eigenvalue weighted by Gasteiger charge is 2.11. The number of rotatable bonds is 5. The number of hydrogen-bond donors (Lipinski definition) is 1. The molecule has 3 aromatic rings. The minimum Gasteiger partial charge on any atom is -0.497 e. The van der Waals surface area contributed by atoms with Crippen LogP contribution in [0.1, 0.15) is 11.3 Å². The maximum atomic E-state index is 5.33. The van der Waals surface area contributed by atoms with Crippen molar-refractivity contribution in [2.24, 2.45) is 12.1 Å². The first-order chi connectivity index (χ1) is 11.6. The second-order valence-electron chi connectivity index (χ2n) is 5.11. The monoisotopic (exact) mass is 326 g/mol. The number of nitrogens with one attached hydrogen (secondary N) is 1. The molecule has 0 atom stereocenters. The van der Waals surface area contributed by atoms with Crippen LogP contribution < -0.4 is 14.9 Å². The van der Waals surface area contributed by atoms with Crippen molar-refractivity contribution < 1.29 is 9.47 Å². The summed E-state index contributed by atoms with van der Waals surface area (Å²) in [4.78, 5) is 8.48. The Morgan fingerprint density at radius 3 is 2.79 bits per heavy atom. The zero-order valence-electron chi connectivity index (χ0n) is 13.9. The Balaban J connectivity index is 1.90. The fraction of sp³-hybridized carbons (Fsp3) is 0.250. The van der Waals surface area contributed by atoms with E-state index in [4.69, 9.17) is 9.47 Å². The molecule has 0 bridgehead atoms. The minimum absolute atomic E-state index is 0.601. The van der Waals surface area contributed by atoms with Gasteiger partial charge in [0.25, 0.3) is 0 Å². The molecule has 8 nitrogen and oxygen atoms in total. The summed E-state index contributed by atoms with van der Waals surface area (Å²) in [6.07, 6.45) is 3.13. The highest BCUT2D eigenvalue weighted by molar-refractivity contribution is 5.90. The van der Waals surface area contributed by atoms with Crippen LogP contribution in [0.25, 0.3) is 11.0 Å². The number of ether oxygens (including phenoxy) is 2. The largest absolute Gasteiger partial charge is 0.497 e. The Labute approximate surface area is 139 Å². The number of aryl methyl sites for hydroxylation is 2. The Bertz CT molecular complexity index is 903. The molecule has 0 saturated carbocycles. The van der Waals surface area contributed by atoms with Gasteiger partial charge in [-0.2, -0.15) is 10.2 Å². The van der Waals surface area contributed by atoms with Gasteiger partial charge in [0.1, 0.15) is 17.8 Å². The Morgan fingerprint density at radius 2 is 2.04 bits per heavy atom. The van der Waals surface area contributed by atoms with Crippen molar-refractivity contribution in [3.63, 3.8) is 0 Å². The molecule has 0 aliphatic heterocycles. The lowest BCUT2D eigenvalue weighted by Gasteiger charge is -2.07. The van der Waals surface area contributed by atoms with Crippen molar-refractivity contribution in [3.8, 4) is 11.5 Å². The quantitative estimate of drug-likeness (QED) is 0.571. The molecular formula is C16H18N6O2. The minimum atomic E-state index is 0.601. The summed E-state index contributed by atoms with van der Waals surface area (Å²) in [5.74, 6) is 2.03. The fourth-order valence-corrected chi connectivity index (χ4v) is 2.47. The van der Waals surface area contributed by atoms with E-state index in [1.54, 1.807) is 25.1 Å². The number of aromatic nitrogens is 4. The first kappa shape index (κ1) is 15.7. The first-order valence-electron chi connectivity index (χ1n) is 7.29. The van der Waals surface area contributed by atoms with E-state index in [1.807, 2.05) is 32.2 Å². The third kappa shape index (κ3) is 2.85. The lowest BCUT2D eigenvalue weighted by molar-refractivity contribution is 0.402. The molecule has 0 aliphatic rings. The van der Waals surface area contributed by atoms with Crippen LogP contribution in [0.2, 0.25) is 0 Å². The molecule has 0 unspecified atom stereocenters. The predicted octanol–water partition coefficient (Wildman–Crippen LogP) is 2.13. The highest BCUT2D eigenvalue weighted by Crippen LogP contribution is 2.24. The molecule has 1 aromatic carbocycles. The summed E-state index contributed by atoms with van der Waals surface area (Å²) in [5.41, 5.74) is 5.32. The van der Waals surface area contributed by atoms with Crippen LogP contribution in [0.3, 0.4) is 0 Å². The van der Waals surface area contributed by atoms with E-state index in [-0.39, 0.29) is 0 Å². The number of nitrogens with zero attached hydrogens (tertiary/aromatic N) is 5. The van der Waals surface area contributed by atoms with E-state index in [1.165, 1.54) is 6.33 Å². The van der Waals surface area contributed by atoms with Gasteiger partial charge < -0.3 is 9.47 Å². The van der Waals surface area contributed by atoms with Crippen molar-refractivity contribution in [1.29, 1.82) is 0 Å². The van der Waals surface area contributed by atoms with Crippen molar-refractivity contribution in [2.75, 3.05) is 19.6 Å². The van der Waals surface area contributed by atoms with Gasteiger partial charge in [-0.15, -0.1) is 0 Å². The van der Waals surface area contributed by atoms with Crippen LogP contribution in [0.4, 0.5) is 5.82 Å². The number of methoxy groups -OCH3 is 2. The highest BCUT2D eigenvalue weighted by atomic mass is 16.5. The molecule has 3 rings (SSSR count). The molecule has 0 fully saturated rings. The number of hydrogen-bond acceptors (Lipinski definition) is 7. The van der Waals surface area contributed by atoms with E-state index in [2.05, 4.69) is 25.6 Å². The molecule has 2 aromatic heterocycles. The van der Waals surface area contributed by atoms with E-state index in [0.29, 0.717) is 11.6 Å². The standard InChI is InChI=1S/C16H18N6O2/c1-10-14-15(17-9-18-16(14)22(2)21-10)20-19-8-11-7-12(23-3)5-6-13(11)24-4/h5-9H,1-4H3,(H,17,18,20)/b19-8+. The van der Waals surface area contributed by atoms with Gasteiger partial charge in [0.05, 0.1) is 31.5 Å². The fourth-order valence-electron chi connectivity index (χ4n) is 2.47. The number of fused-ring (bicyclic) bond motifs is 1. The molecule has 0 spiro atoms. The van der Waals surface area contributed by atoms with E-state index >= 15 is 0 Å². The van der Waals surface area contributed by atoms with Crippen LogP contribution in [-0.4, -0.2) is 40.2 Å². The maximum absolute atomic E-state index is 5.33. The van der Waals surface area contributed by atoms with Crippen LogP contribution >= 0.6 is 0 Å². The van der Waals surface area contributed by atoms with Crippen LogP contribution in [0, 0.1) is 6.92 Å². The predicted molar refractivity (Wildman–Crippen MR) is 91.8 cm³/mol. The maximum Gasteiger partial charge on any atom is 0.163 e. The van der Waals surface area contributed by atoms with Crippen molar-refractivity contribution in [3.05, 3.63) is 35.8 Å². The molecule has 0 radical (unpaired) electrons. The Hall–Kier alpha value is -3.16. The zero-order chi connectivity index (χ0) is 17.1. The Morgan fingerprint density at radius 1 is 1.21 bits per heavy atom. The number of benzene rings is 1. The SMILES string of the molecule is COc1ccc(OC)c(/C=N/Nc2ncnc3c2c(C)nn3C)c1. The lowest BCUT2D eigenvalue weighted by Crippen LogP contribution is -1.98. The summed E-state index contributed by atoms with van der Waals surface area (Å²) in [6, 6.07) is 5.50. The van der Waals surface area contributed by atoms with Gasteiger partial charge in [-0.3, -0.25) is 10.1 Å². The molecule has 24 heavy (non-hydrogen) atoms. The summed E-state index contributed by atoms with van der Waals surface area (Å²) >= 11 is 0. The second-order valence-corrected chi connectivity index (χ2v) is 5.11. The molecule has 0 amide bonds. The zero-order valence-corrected chi connectivity index (χ0v) is 13.9. The van der Waals surface area contributed by atoms with E-state index in [0.717, 1.165) is 28.0 Å². The smallest absolute Gasteiger partial charge is 0.163 e. The van der Waals surface area contributed by atoms with E-state index in [9.17, 15) is 0 Å². The molecule has 0 aliphatic carbocycles. The summed E-state index contributed by atoms with van der Waals surface area (Å²) in [5, 5.41) is 9.45. The lowest BCUT2D eigenvalue weighted by atomic mass is 10.2. The van der Waals surface area contributed by atoms with Gasteiger partial charge in [-0.1, -0.05) is 0 Å². The molecule has 0 saturated heterocycles. The number of hydrazone groups is 1. The summed E-state index contributed by atoms with van der Waals surface area (Å²) < 4.78 is 12.3. The van der Waals surface area contributed by atoms with Crippen molar-refractivity contribution in [1.82, 2.24) is 19.7 Å². The van der Waals surface area contributed by atoms with Crippen LogP contribution in [-0.2, 0) is 7.05 Å². The summed E-state index contributed by atoms with van der Waals surface area (Å²) in [6.45, 7) is 1.91. The average molecular weight is 326 g/mol.